The first-order chi connectivity index (χ1) is 9.61. The standard InChI is InChI=1S/C15H13BrClNO2/c1-10-4-2-3-5-12(10)9-20-15-13(16)6-11(8-18-19)7-14(15)17/h2-8,19H,9H2,1H3/b18-8+. The molecule has 104 valence electrons. The van der Waals surface area contributed by atoms with E-state index < -0.39 is 0 Å². The van der Waals surface area contributed by atoms with Gasteiger partial charge in [0.2, 0.25) is 0 Å². The highest BCUT2D eigenvalue weighted by Crippen LogP contribution is 2.34. The van der Waals surface area contributed by atoms with Crippen LogP contribution in [0.5, 0.6) is 5.75 Å². The molecule has 0 saturated carbocycles. The van der Waals surface area contributed by atoms with Gasteiger partial charge in [0.1, 0.15) is 6.61 Å². The zero-order valence-corrected chi connectivity index (χ0v) is 13.1. The van der Waals surface area contributed by atoms with Crippen LogP contribution in [0.25, 0.3) is 0 Å². The van der Waals surface area contributed by atoms with Crippen LogP contribution < -0.4 is 4.74 Å². The molecule has 0 bridgehead atoms. The maximum Gasteiger partial charge on any atom is 0.152 e. The summed E-state index contributed by atoms with van der Waals surface area (Å²) in [7, 11) is 0. The van der Waals surface area contributed by atoms with Crippen molar-refractivity contribution in [3.63, 3.8) is 0 Å². The summed E-state index contributed by atoms with van der Waals surface area (Å²) in [6, 6.07) is 11.5. The molecule has 0 spiro atoms. The summed E-state index contributed by atoms with van der Waals surface area (Å²) in [4.78, 5) is 0. The number of hydrogen-bond acceptors (Lipinski definition) is 3. The topological polar surface area (TPSA) is 41.8 Å². The number of rotatable bonds is 4. The minimum atomic E-state index is 0.443. The molecule has 0 unspecified atom stereocenters. The first-order valence-electron chi connectivity index (χ1n) is 5.95. The number of oxime groups is 1. The predicted octanol–water partition coefficient (Wildman–Crippen LogP) is 4.80. The smallest absolute Gasteiger partial charge is 0.152 e. The van der Waals surface area contributed by atoms with Crippen molar-refractivity contribution in [3.8, 4) is 5.75 Å². The van der Waals surface area contributed by atoms with Gasteiger partial charge in [0, 0.05) is 0 Å². The number of hydrogen-bond donors (Lipinski definition) is 1. The first-order valence-corrected chi connectivity index (χ1v) is 7.12. The Morgan fingerprint density at radius 3 is 2.75 bits per heavy atom. The molecule has 1 N–H and O–H groups in total. The van der Waals surface area contributed by atoms with E-state index in [0.29, 0.717) is 27.4 Å². The van der Waals surface area contributed by atoms with Gasteiger partial charge in [-0.2, -0.15) is 0 Å². The Labute approximate surface area is 131 Å². The fourth-order valence-corrected chi connectivity index (χ4v) is 2.77. The van der Waals surface area contributed by atoms with E-state index in [1.807, 2.05) is 31.2 Å². The highest BCUT2D eigenvalue weighted by Gasteiger charge is 2.09. The Hall–Kier alpha value is -1.52. The van der Waals surface area contributed by atoms with Crippen LogP contribution in [0.3, 0.4) is 0 Å². The molecule has 5 heteroatoms. The Kier molecular flexibility index (Phi) is 5.04. The molecule has 0 aliphatic carbocycles. The zero-order chi connectivity index (χ0) is 14.5. The Bertz CT molecular complexity index is 621. The van der Waals surface area contributed by atoms with E-state index >= 15 is 0 Å². The summed E-state index contributed by atoms with van der Waals surface area (Å²) in [5, 5.41) is 12.0. The molecule has 0 saturated heterocycles. The number of nitrogens with zero attached hydrogens (tertiary/aromatic N) is 1. The van der Waals surface area contributed by atoms with Crippen molar-refractivity contribution in [1.29, 1.82) is 0 Å². The monoisotopic (exact) mass is 353 g/mol. The SMILES string of the molecule is Cc1ccccc1COc1c(Cl)cc(/C=N/O)cc1Br. The van der Waals surface area contributed by atoms with Crippen LogP contribution in [0, 0.1) is 6.92 Å². The Morgan fingerprint density at radius 2 is 2.10 bits per heavy atom. The van der Waals surface area contributed by atoms with Crippen molar-refractivity contribution >= 4 is 33.7 Å². The molecule has 0 fully saturated rings. The minimum Gasteiger partial charge on any atom is -0.486 e. The van der Waals surface area contributed by atoms with Gasteiger partial charge in [-0.1, -0.05) is 41.0 Å². The third-order valence-corrected chi connectivity index (χ3v) is 3.73. The summed E-state index contributed by atoms with van der Waals surface area (Å²) in [6.07, 6.45) is 1.31. The zero-order valence-electron chi connectivity index (χ0n) is 10.8. The predicted molar refractivity (Wildman–Crippen MR) is 84.0 cm³/mol. The second kappa shape index (κ2) is 6.77. The van der Waals surface area contributed by atoms with Crippen LogP contribution in [0.4, 0.5) is 0 Å². The van der Waals surface area contributed by atoms with Crippen LogP contribution in [0.1, 0.15) is 16.7 Å². The van der Waals surface area contributed by atoms with Gasteiger partial charge in [0.25, 0.3) is 0 Å². The quantitative estimate of drug-likeness (QED) is 0.487. The summed E-state index contributed by atoms with van der Waals surface area (Å²) < 4.78 is 6.50. The van der Waals surface area contributed by atoms with Crippen molar-refractivity contribution in [2.24, 2.45) is 5.16 Å². The molecular weight excluding hydrogens is 342 g/mol. The fourth-order valence-electron chi connectivity index (χ4n) is 1.78. The van der Waals surface area contributed by atoms with Crippen LogP contribution in [-0.2, 0) is 6.61 Å². The molecule has 0 aliphatic rings. The number of benzene rings is 2. The van der Waals surface area contributed by atoms with E-state index in [0.717, 1.165) is 5.56 Å². The third-order valence-electron chi connectivity index (χ3n) is 2.86. The molecule has 0 aromatic heterocycles. The van der Waals surface area contributed by atoms with Crippen LogP contribution >= 0.6 is 27.5 Å². The molecule has 0 amide bonds. The maximum atomic E-state index is 8.53. The van der Waals surface area contributed by atoms with Crippen LogP contribution in [-0.4, -0.2) is 11.4 Å². The minimum absolute atomic E-state index is 0.443. The second-order valence-corrected chi connectivity index (χ2v) is 5.53. The lowest BCUT2D eigenvalue weighted by Crippen LogP contribution is -1.99. The van der Waals surface area contributed by atoms with E-state index in [1.165, 1.54) is 11.8 Å². The van der Waals surface area contributed by atoms with E-state index in [9.17, 15) is 0 Å². The highest BCUT2D eigenvalue weighted by molar-refractivity contribution is 9.10. The molecule has 0 atom stereocenters. The van der Waals surface area contributed by atoms with Crippen molar-refractivity contribution in [2.45, 2.75) is 13.5 Å². The van der Waals surface area contributed by atoms with E-state index in [4.69, 9.17) is 21.5 Å². The number of aryl methyl sites for hydroxylation is 1. The molecule has 20 heavy (non-hydrogen) atoms. The molecule has 2 aromatic rings. The van der Waals surface area contributed by atoms with Crippen LogP contribution in [0.15, 0.2) is 46.0 Å². The fraction of sp³-hybridized carbons (Fsp3) is 0.133. The van der Waals surface area contributed by atoms with Crippen molar-refractivity contribution in [2.75, 3.05) is 0 Å². The van der Waals surface area contributed by atoms with Gasteiger partial charge < -0.3 is 9.94 Å². The highest BCUT2D eigenvalue weighted by atomic mass is 79.9. The molecule has 0 aliphatic heterocycles. The van der Waals surface area contributed by atoms with Crippen molar-refractivity contribution < 1.29 is 9.94 Å². The lowest BCUT2D eigenvalue weighted by molar-refractivity contribution is 0.303. The average Bonchev–Trinajstić information content (AvgIpc) is 2.40. The molecule has 2 aromatic carbocycles. The van der Waals surface area contributed by atoms with Gasteiger partial charge in [-0.15, -0.1) is 0 Å². The molecule has 0 heterocycles. The first kappa shape index (κ1) is 14.9. The van der Waals surface area contributed by atoms with E-state index in [1.54, 1.807) is 12.1 Å². The van der Waals surface area contributed by atoms with Gasteiger partial charge in [-0.05, 0) is 51.7 Å². The van der Waals surface area contributed by atoms with Gasteiger partial charge in [0.15, 0.2) is 5.75 Å². The van der Waals surface area contributed by atoms with Crippen LogP contribution in [0.2, 0.25) is 5.02 Å². The molecule has 3 nitrogen and oxygen atoms in total. The normalized spacial score (nSPS) is 10.9. The maximum absolute atomic E-state index is 8.53. The molecule has 0 radical (unpaired) electrons. The molecular formula is C15H13BrClNO2. The average molecular weight is 355 g/mol. The summed E-state index contributed by atoms with van der Waals surface area (Å²) in [5.74, 6) is 0.574. The summed E-state index contributed by atoms with van der Waals surface area (Å²) >= 11 is 9.59. The lowest BCUT2D eigenvalue weighted by Gasteiger charge is -2.12. The summed E-state index contributed by atoms with van der Waals surface area (Å²) in [5.41, 5.74) is 2.97. The third kappa shape index (κ3) is 3.52. The molecule has 2 rings (SSSR count). The van der Waals surface area contributed by atoms with Gasteiger partial charge in [-0.3, -0.25) is 0 Å². The van der Waals surface area contributed by atoms with Gasteiger partial charge >= 0.3 is 0 Å². The number of halogens is 2. The van der Waals surface area contributed by atoms with Crippen molar-refractivity contribution in [3.05, 3.63) is 62.6 Å². The van der Waals surface area contributed by atoms with E-state index in [2.05, 4.69) is 21.1 Å². The Balaban J connectivity index is 2.20. The Morgan fingerprint density at radius 1 is 1.35 bits per heavy atom. The van der Waals surface area contributed by atoms with E-state index in [-0.39, 0.29) is 0 Å². The number of ether oxygens (including phenoxy) is 1. The van der Waals surface area contributed by atoms with Gasteiger partial charge in [-0.25, -0.2) is 0 Å². The largest absolute Gasteiger partial charge is 0.486 e. The second-order valence-electron chi connectivity index (χ2n) is 4.27. The lowest BCUT2D eigenvalue weighted by atomic mass is 10.1. The van der Waals surface area contributed by atoms with Gasteiger partial charge in [0.05, 0.1) is 15.7 Å². The van der Waals surface area contributed by atoms with Crippen molar-refractivity contribution in [1.82, 2.24) is 0 Å². The summed E-state index contributed by atoms with van der Waals surface area (Å²) in [6.45, 7) is 2.48.